The summed E-state index contributed by atoms with van der Waals surface area (Å²) in [7, 11) is 0. The number of nitrogens with zero attached hydrogens (tertiary/aromatic N) is 4. The second-order valence-corrected chi connectivity index (χ2v) is 8.37. The van der Waals surface area contributed by atoms with Crippen molar-refractivity contribution in [2.45, 2.75) is 32.6 Å². The normalized spacial score (nSPS) is 11.6. The molecule has 3 heterocycles. The number of thiazole rings is 1. The van der Waals surface area contributed by atoms with Gasteiger partial charge in [-0.05, 0) is 42.7 Å². The van der Waals surface area contributed by atoms with Crippen molar-refractivity contribution >= 4 is 17.2 Å². The Morgan fingerprint density at radius 1 is 1.15 bits per heavy atom. The standard InChI is InChI=1S/C23H19F4N5OS/c1-14-13-34-22(30-14)19-18(21(33)29-12-16-3-2-9-28-11-16)20(23(25,26)27)32(31-19)10-8-15-4-6-17(24)7-5-15/h2-7,9,11,13H,8,10,12H2,1H3,(H,29,33). The number of hydrogen-bond donors (Lipinski definition) is 1. The van der Waals surface area contributed by atoms with Gasteiger partial charge in [-0.1, -0.05) is 18.2 Å². The van der Waals surface area contributed by atoms with E-state index in [1.165, 1.54) is 30.5 Å². The van der Waals surface area contributed by atoms with Crippen LogP contribution in [0.4, 0.5) is 17.6 Å². The van der Waals surface area contributed by atoms with Crippen LogP contribution in [0.2, 0.25) is 0 Å². The molecule has 0 radical (unpaired) electrons. The summed E-state index contributed by atoms with van der Waals surface area (Å²) in [6, 6.07) is 8.85. The highest BCUT2D eigenvalue weighted by Gasteiger charge is 2.42. The number of alkyl halides is 3. The van der Waals surface area contributed by atoms with Crippen LogP contribution in [-0.4, -0.2) is 25.7 Å². The van der Waals surface area contributed by atoms with Crippen LogP contribution >= 0.6 is 11.3 Å². The fourth-order valence-electron chi connectivity index (χ4n) is 3.40. The highest BCUT2D eigenvalue weighted by molar-refractivity contribution is 7.13. The third kappa shape index (κ3) is 5.30. The molecule has 0 aliphatic carbocycles. The predicted octanol–water partition coefficient (Wildman–Crippen LogP) is 5.04. The van der Waals surface area contributed by atoms with Crippen LogP contribution in [0.15, 0.2) is 54.2 Å². The first-order valence-electron chi connectivity index (χ1n) is 10.2. The molecule has 0 aliphatic heterocycles. The number of rotatable bonds is 7. The minimum atomic E-state index is -4.85. The molecule has 1 amide bonds. The molecule has 3 aromatic heterocycles. The Bertz CT molecular complexity index is 1280. The number of carbonyl (C=O) groups is 1. The summed E-state index contributed by atoms with van der Waals surface area (Å²) >= 11 is 1.11. The van der Waals surface area contributed by atoms with E-state index in [0.717, 1.165) is 16.0 Å². The fraction of sp³-hybridized carbons (Fsp3) is 0.217. The Kier molecular flexibility index (Phi) is 6.73. The fourth-order valence-corrected chi connectivity index (χ4v) is 4.18. The van der Waals surface area contributed by atoms with Gasteiger partial charge in [-0.3, -0.25) is 14.5 Å². The Labute approximate surface area is 196 Å². The first-order chi connectivity index (χ1) is 16.2. The van der Waals surface area contributed by atoms with Gasteiger partial charge in [-0.15, -0.1) is 11.3 Å². The van der Waals surface area contributed by atoms with Crippen molar-refractivity contribution in [1.29, 1.82) is 0 Å². The molecule has 0 fully saturated rings. The van der Waals surface area contributed by atoms with E-state index < -0.39 is 29.2 Å². The zero-order valence-corrected chi connectivity index (χ0v) is 18.8. The molecule has 4 rings (SSSR count). The lowest BCUT2D eigenvalue weighted by Gasteiger charge is -2.13. The molecule has 34 heavy (non-hydrogen) atoms. The predicted molar refractivity (Wildman–Crippen MR) is 119 cm³/mol. The molecule has 1 aromatic carbocycles. The van der Waals surface area contributed by atoms with E-state index in [-0.39, 0.29) is 30.2 Å². The van der Waals surface area contributed by atoms with Gasteiger partial charge < -0.3 is 5.32 Å². The molecular formula is C23H19F4N5OS. The summed E-state index contributed by atoms with van der Waals surface area (Å²) in [6.07, 6.45) is -1.61. The van der Waals surface area contributed by atoms with Crippen LogP contribution in [-0.2, 0) is 25.7 Å². The SMILES string of the molecule is Cc1csc(-c2nn(CCc3ccc(F)cc3)c(C(F)(F)F)c2C(=O)NCc2cccnc2)n1. The molecule has 0 bridgehead atoms. The zero-order chi connectivity index (χ0) is 24.3. The van der Waals surface area contributed by atoms with Gasteiger partial charge >= 0.3 is 6.18 Å². The van der Waals surface area contributed by atoms with Crippen LogP contribution in [0.3, 0.4) is 0 Å². The van der Waals surface area contributed by atoms with Gasteiger partial charge in [-0.25, -0.2) is 9.37 Å². The lowest BCUT2D eigenvalue weighted by molar-refractivity contribution is -0.144. The topological polar surface area (TPSA) is 72.7 Å². The molecule has 0 unspecified atom stereocenters. The summed E-state index contributed by atoms with van der Waals surface area (Å²) in [4.78, 5) is 21.3. The maximum absolute atomic E-state index is 14.2. The molecule has 0 saturated heterocycles. The van der Waals surface area contributed by atoms with Crippen molar-refractivity contribution in [3.05, 3.63) is 88.1 Å². The number of amides is 1. The zero-order valence-electron chi connectivity index (χ0n) is 17.9. The van der Waals surface area contributed by atoms with Crippen molar-refractivity contribution < 1.29 is 22.4 Å². The van der Waals surface area contributed by atoms with Crippen molar-refractivity contribution in [3.8, 4) is 10.7 Å². The van der Waals surface area contributed by atoms with Gasteiger partial charge in [0, 0.05) is 36.6 Å². The monoisotopic (exact) mass is 489 g/mol. The van der Waals surface area contributed by atoms with Gasteiger partial charge in [0.1, 0.15) is 22.1 Å². The lowest BCUT2D eigenvalue weighted by atomic mass is 10.1. The van der Waals surface area contributed by atoms with Crippen LogP contribution in [0.25, 0.3) is 10.7 Å². The third-order valence-corrected chi connectivity index (χ3v) is 5.94. The van der Waals surface area contributed by atoms with E-state index in [1.54, 1.807) is 30.6 Å². The van der Waals surface area contributed by atoms with Crippen molar-refractivity contribution in [3.63, 3.8) is 0 Å². The lowest BCUT2D eigenvalue weighted by Crippen LogP contribution is -2.27. The minimum Gasteiger partial charge on any atom is -0.348 e. The van der Waals surface area contributed by atoms with Gasteiger partial charge in [0.25, 0.3) is 5.91 Å². The summed E-state index contributed by atoms with van der Waals surface area (Å²) in [6.45, 7) is 1.55. The molecule has 0 saturated carbocycles. The van der Waals surface area contributed by atoms with Crippen molar-refractivity contribution in [2.75, 3.05) is 0 Å². The van der Waals surface area contributed by atoms with E-state index >= 15 is 0 Å². The molecule has 6 nitrogen and oxygen atoms in total. The second kappa shape index (κ2) is 9.72. The number of aromatic nitrogens is 4. The van der Waals surface area contributed by atoms with Gasteiger partial charge in [-0.2, -0.15) is 18.3 Å². The highest BCUT2D eigenvalue weighted by Crippen LogP contribution is 2.38. The summed E-state index contributed by atoms with van der Waals surface area (Å²) < 4.78 is 56.6. The Balaban J connectivity index is 1.73. The molecule has 1 N–H and O–H groups in total. The summed E-state index contributed by atoms with van der Waals surface area (Å²) in [5, 5.41) is 8.60. The maximum Gasteiger partial charge on any atom is 0.433 e. The van der Waals surface area contributed by atoms with E-state index in [1.807, 2.05) is 0 Å². The van der Waals surface area contributed by atoms with Crippen LogP contribution in [0.1, 0.15) is 32.9 Å². The van der Waals surface area contributed by atoms with E-state index in [2.05, 4.69) is 20.4 Å². The quantitative estimate of drug-likeness (QED) is 0.369. The molecule has 0 atom stereocenters. The summed E-state index contributed by atoms with van der Waals surface area (Å²) in [5.74, 6) is -1.35. The number of hydrogen-bond acceptors (Lipinski definition) is 5. The molecule has 0 spiro atoms. The highest BCUT2D eigenvalue weighted by atomic mass is 32.1. The number of pyridine rings is 1. The molecule has 11 heteroatoms. The van der Waals surface area contributed by atoms with Crippen LogP contribution in [0.5, 0.6) is 0 Å². The van der Waals surface area contributed by atoms with Crippen molar-refractivity contribution in [1.82, 2.24) is 25.1 Å². The molecule has 176 valence electrons. The number of nitrogens with one attached hydrogen (secondary N) is 1. The Hall–Kier alpha value is -3.60. The average Bonchev–Trinajstić information content (AvgIpc) is 3.41. The maximum atomic E-state index is 14.2. The second-order valence-electron chi connectivity index (χ2n) is 7.51. The third-order valence-electron chi connectivity index (χ3n) is 4.97. The molecule has 4 aromatic rings. The average molecular weight is 489 g/mol. The van der Waals surface area contributed by atoms with Gasteiger partial charge in [0.15, 0.2) is 5.69 Å². The number of benzene rings is 1. The first kappa shape index (κ1) is 23.6. The van der Waals surface area contributed by atoms with Crippen molar-refractivity contribution in [2.24, 2.45) is 0 Å². The Morgan fingerprint density at radius 2 is 1.91 bits per heavy atom. The van der Waals surface area contributed by atoms with E-state index in [9.17, 15) is 22.4 Å². The number of aryl methyl sites for hydroxylation is 3. The molecular weight excluding hydrogens is 470 g/mol. The van der Waals surface area contributed by atoms with Gasteiger partial charge in [0.2, 0.25) is 0 Å². The van der Waals surface area contributed by atoms with Crippen LogP contribution < -0.4 is 5.32 Å². The smallest absolute Gasteiger partial charge is 0.348 e. The van der Waals surface area contributed by atoms with Gasteiger partial charge in [0.05, 0.1) is 0 Å². The number of carbonyl (C=O) groups excluding carboxylic acids is 1. The first-order valence-corrected chi connectivity index (χ1v) is 11.1. The summed E-state index contributed by atoms with van der Waals surface area (Å²) in [5.41, 5.74) is 0.0226. The number of halogens is 4. The largest absolute Gasteiger partial charge is 0.433 e. The van der Waals surface area contributed by atoms with Crippen LogP contribution in [0, 0.1) is 12.7 Å². The Morgan fingerprint density at radius 3 is 2.53 bits per heavy atom. The molecule has 0 aliphatic rings. The minimum absolute atomic E-state index is 0.00106. The van der Waals surface area contributed by atoms with E-state index in [4.69, 9.17) is 0 Å². The van der Waals surface area contributed by atoms with E-state index in [0.29, 0.717) is 16.8 Å².